The molecule has 0 saturated carbocycles. The molecule has 118 valence electrons. The molecule has 2 aromatic rings. The molecule has 1 amide bonds. The molecule has 0 N–H and O–H groups in total. The minimum atomic E-state index is -3.32. The Bertz CT molecular complexity index is 737. The fourth-order valence-corrected chi connectivity index (χ4v) is 3.49. The first-order valence-electron chi connectivity index (χ1n) is 7.02. The lowest BCUT2D eigenvalue weighted by molar-refractivity contribution is 0.0743. The standard InChI is InChI=1S/C16H19NO3S2/c1-3-8-17(11-13-7-9-21-12-13)16(18)14-5-4-6-15(10-14)22(2,19)20/h4-7,9-10,12H,3,8,11H2,1-2H3. The van der Waals surface area contributed by atoms with E-state index in [1.807, 2.05) is 23.8 Å². The first kappa shape index (κ1) is 16.7. The summed E-state index contributed by atoms with van der Waals surface area (Å²) in [5.74, 6) is -0.140. The van der Waals surface area contributed by atoms with E-state index in [4.69, 9.17) is 0 Å². The van der Waals surface area contributed by atoms with Gasteiger partial charge in [0, 0.05) is 24.9 Å². The zero-order valence-corrected chi connectivity index (χ0v) is 14.3. The fourth-order valence-electron chi connectivity index (χ4n) is 2.17. The summed E-state index contributed by atoms with van der Waals surface area (Å²) in [6, 6.07) is 8.22. The largest absolute Gasteiger partial charge is 0.334 e. The van der Waals surface area contributed by atoms with Crippen LogP contribution in [0.2, 0.25) is 0 Å². The quantitative estimate of drug-likeness (QED) is 0.813. The molecule has 1 aromatic heterocycles. The molecule has 0 fully saturated rings. The van der Waals surface area contributed by atoms with E-state index in [-0.39, 0.29) is 10.8 Å². The summed E-state index contributed by atoms with van der Waals surface area (Å²) < 4.78 is 23.3. The lowest BCUT2D eigenvalue weighted by Gasteiger charge is -2.22. The van der Waals surface area contributed by atoms with Gasteiger partial charge in [-0.3, -0.25) is 4.79 Å². The van der Waals surface area contributed by atoms with Crippen LogP contribution >= 0.6 is 11.3 Å². The Labute approximate surface area is 135 Å². The molecule has 2 rings (SSSR count). The van der Waals surface area contributed by atoms with E-state index >= 15 is 0 Å². The molecular weight excluding hydrogens is 318 g/mol. The van der Waals surface area contributed by atoms with Gasteiger partial charge in [0.1, 0.15) is 0 Å². The predicted octanol–water partition coefficient (Wildman–Crippen LogP) is 3.20. The van der Waals surface area contributed by atoms with E-state index in [1.165, 1.54) is 12.1 Å². The maximum Gasteiger partial charge on any atom is 0.254 e. The van der Waals surface area contributed by atoms with E-state index < -0.39 is 9.84 Å². The highest BCUT2D eigenvalue weighted by atomic mass is 32.2. The van der Waals surface area contributed by atoms with E-state index in [1.54, 1.807) is 28.4 Å². The molecule has 0 radical (unpaired) electrons. The Kier molecular flexibility index (Phi) is 5.37. The van der Waals surface area contributed by atoms with Crippen molar-refractivity contribution in [2.24, 2.45) is 0 Å². The normalized spacial score (nSPS) is 11.4. The minimum Gasteiger partial charge on any atom is -0.334 e. The topological polar surface area (TPSA) is 54.5 Å². The van der Waals surface area contributed by atoms with Gasteiger partial charge in [-0.15, -0.1) is 0 Å². The number of carbonyl (C=O) groups excluding carboxylic acids is 1. The van der Waals surface area contributed by atoms with Crippen LogP contribution in [0, 0.1) is 0 Å². The molecule has 22 heavy (non-hydrogen) atoms. The van der Waals surface area contributed by atoms with Gasteiger partial charge in [0.2, 0.25) is 0 Å². The van der Waals surface area contributed by atoms with Crippen LogP contribution in [0.3, 0.4) is 0 Å². The zero-order chi connectivity index (χ0) is 16.2. The molecular formula is C16H19NO3S2. The maximum absolute atomic E-state index is 12.7. The average Bonchev–Trinajstić information content (AvgIpc) is 2.98. The highest BCUT2D eigenvalue weighted by Crippen LogP contribution is 2.16. The van der Waals surface area contributed by atoms with Gasteiger partial charge < -0.3 is 4.90 Å². The number of nitrogens with zero attached hydrogens (tertiary/aromatic N) is 1. The summed E-state index contributed by atoms with van der Waals surface area (Å²) >= 11 is 1.60. The van der Waals surface area contributed by atoms with Gasteiger partial charge in [-0.2, -0.15) is 11.3 Å². The first-order chi connectivity index (χ1) is 10.4. The molecule has 0 spiro atoms. The molecule has 0 aliphatic rings. The molecule has 0 aliphatic carbocycles. The molecule has 0 unspecified atom stereocenters. The summed E-state index contributed by atoms with van der Waals surface area (Å²) in [5, 5.41) is 4.00. The van der Waals surface area contributed by atoms with Gasteiger partial charge in [-0.05, 0) is 47.0 Å². The van der Waals surface area contributed by atoms with Crippen LogP contribution in [-0.4, -0.2) is 32.0 Å². The van der Waals surface area contributed by atoms with E-state index in [9.17, 15) is 13.2 Å². The van der Waals surface area contributed by atoms with Crippen molar-refractivity contribution in [3.63, 3.8) is 0 Å². The second-order valence-electron chi connectivity index (χ2n) is 5.16. The number of benzene rings is 1. The summed E-state index contributed by atoms with van der Waals surface area (Å²) in [6.07, 6.45) is 1.99. The Morgan fingerprint density at radius 1 is 1.27 bits per heavy atom. The number of hydrogen-bond acceptors (Lipinski definition) is 4. The van der Waals surface area contributed by atoms with Gasteiger partial charge in [-0.1, -0.05) is 13.0 Å². The van der Waals surface area contributed by atoms with E-state index in [2.05, 4.69) is 0 Å². The number of carbonyl (C=O) groups is 1. The third-order valence-corrected chi connectivity index (χ3v) is 5.09. The number of amides is 1. The van der Waals surface area contributed by atoms with Crippen molar-refractivity contribution in [3.8, 4) is 0 Å². The van der Waals surface area contributed by atoms with Crippen LogP contribution in [0.5, 0.6) is 0 Å². The summed E-state index contributed by atoms with van der Waals surface area (Å²) in [4.78, 5) is 14.6. The van der Waals surface area contributed by atoms with Gasteiger partial charge in [0.05, 0.1) is 4.90 Å². The average molecular weight is 337 g/mol. The van der Waals surface area contributed by atoms with Crippen LogP contribution in [0.15, 0.2) is 46.0 Å². The predicted molar refractivity (Wildman–Crippen MR) is 88.9 cm³/mol. The van der Waals surface area contributed by atoms with Gasteiger partial charge in [-0.25, -0.2) is 8.42 Å². The van der Waals surface area contributed by atoms with E-state index in [0.29, 0.717) is 18.7 Å². The first-order valence-corrected chi connectivity index (χ1v) is 9.85. The van der Waals surface area contributed by atoms with Crippen molar-refractivity contribution < 1.29 is 13.2 Å². The fraction of sp³-hybridized carbons (Fsp3) is 0.312. The Morgan fingerprint density at radius 3 is 2.64 bits per heavy atom. The van der Waals surface area contributed by atoms with Crippen molar-refractivity contribution >= 4 is 27.1 Å². The monoisotopic (exact) mass is 337 g/mol. The summed E-state index contributed by atoms with van der Waals surface area (Å²) in [5.41, 5.74) is 1.50. The van der Waals surface area contributed by atoms with E-state index in [0.717, 1.165) is 18.2 Å². The molecule has 6 heteroatoms. The SMILES string of the molecule is CCCN(Cc1ccsc1)C(=O)c1cccc(S(C)(=O)=O)c1. The van der Waals surface area contributed by atoms with Crippen LogP contribution in [0.1, 0.15) is 29.3 Å². The Morgan fingerprint density at radius 2 is 2.05 bits per heavy atom. The van der Waals surface area contributed by atoms with Crippen LogP contribution in [0.25, 0.3) is 0 Å². The number of thiophene rings is 1. The zero-order valence-electron chi connectivity index (χ0n) is 12.7. The van der Waals surface area contributed by atoms with Gasteiger partial charge >= 0.3 is 0 Å². The third-order valence-electron chi connectivity index (χ3n) is 3.24. The van der Waals surface area contributed by atoms with Gasteiger partial charge in [0.15, 0.2) is 9.84 Å². The lowest BCUT2D eigenvalue weighted by Crippen LogP contribution is -2.31. The number of rotatable bonds is 6. The summed E-state index contributed by atoms with van der Waals surface area (Å²) in [6.45, 7) is 3.19. The van der Waals surface area contributed by atoms with Gasteiger partial charge in [0.25, 0.3) is 5.91 Å². The van der Waals surface area contributed by atoms with Crippen molar-refractivity contribution in [1.29, 1.82) is 0 Å². The molecule has 1 aromatic carbocycles. The van der Waals surface area contributed by atoms with Crippen molar-refractivity contribution in [2.45, 2.75) is 24.8 Å². The highest BCUT2D eigenvalue weighted by molar-refractivity contribution is 7.90. The summed E-state index contributed by atoms with van der Waals surface area (Å²) in [7, 11) is -3.32. The maximum atomic E-state index is 12.7. The number of hydrogen-bond donors (Lipinski definition) is 0. The Balaban J connectivity index is 2.27. The molecule has 1 heterocycles. The van der Waals surface area contributed by atoms with Crippen LogP contribution in [-0.2, 0) is 16.4 Å². The Hall–Kier alpha value is -1.66. The lowest BCUT2D eigenvalue weighted by atomic mass is 10.2. The molecule has 0 aliphatic heterocycles. The molecule has 0 atom stereocenters. The molecule has 0 saturated heterocycles. The molecule has 4 nitrogen and oxygen atoms in total. The smallest absolute Gasteiger partial charge is 0.254 e. The minimum absolute atomic E-state index is 0.140. The third kappa shape index (κ3) is 4.18. The van der Waals surface area contributed by atoms with Crippen LogP contribution in [0.4, 0.5) is 0 Å². The number of sulfone groups is 1. The molecule has 0 bridgehead atoms. The highest BCUT2D eigenvalue weighted by Gasteiger charge is 2.17. The van der Waals surface area contributed by atoms with Crippen molar-refractivity contribution in [1.82, 2.24) is 4.90 Å². The second-order valence-corrected chi connectivity index (χ2v) is 7.95. The van der Waals surface area contributed by atoms with Crippen molar-refractivity contribution in [2.75, 3.05) is 12.8 Å². The second kappa shape index (κ2) is 7.07. The van der Waals surface area contributed by atoms with Crippen LogP contribution < -0.4 is 0 Å². The van der Waals surface area contributed by atoms with Crippen molar-refractivity contribution in [3.05, 3.63) is 52.2 Å².